The van der Waals surface area contributed by atoms with Crippen LogP contribution in [-0.4, -0.2) is 83.1 Å². The first-order valence-electron chi connectivity index (χ1n) is 22.2. The number of imidazole rings is 2. The molecule has 4 aromatic heterocycles. The monoisotopic (exact) mass is 859 g/mol. The van der Waals surface area contributed by atoms with Crippen molar-refractivity contribution in [3.05, 3.63) is 82.1 Å². The van der Waals surface area contributed by atoms with E-state index in [1.54, 1.807) is 16.2 Å². The van der Waals surface area contributed by atoms with Gasteiger partial charge in [-0.15, -0.1) is 11.3 Å². The fourth-order valence-corrected chi connectivity index (χ4v) is 9.75. The molecule has 3 N–H and O–H groups in total. The molecule has 0 radical (unpaired) electrons. The van der Waals surface area contributed by atoms with E-state index >= 15 is 0 Å². The maximum Gasteiger partial charge on any atom is 0.410 e. The molecular weight excluding hydrogens is 799 g/mol. The van der Waals surface area contributed by atoms with Crippen LogP contribution in [0, 0.1) is 12.8 Å². The molecule has 1 saturated carbocycles. The third-order valence-corrected chi connectivity index (χ3v) is 13.1. The lowest BCUT2D eigenvalue weighted by molar-refractivity contribution is -0.135. The van der Waals surface area contributed by atoms with E-state index in [4.69, 9.17) is 19.4 Å². The lowest BCUT2D eigenvalue weighted by atomic mass is 9.86. The second-order valence-electron chi connectivity index (χ2n) is 18.2. The number of carbonyl (C=O) groups is 2. The minimum Gasteiger partial charge on any atom is -0.464 e. The molecule has 2 amide bonds. The van der Waals surface area contributed by atoms with Crippen LogP contribution in [0.2, 0.25) is 0 Å². The predicted molar refractivity (Wildman–Crippen MR) is 245 cm³/mol. The van der Waals surface area contributed by atoms with Crippen LogP contribution < -0.4 is 10.1 Å². The average molecular weight is 860 g/mol. The number of amides is 2. The molecule has 62 heavy (non-hydrogen) atoms. The maximum atomic E-state index is 13.5. The number of benzene rings is 2. The Kier molecular flexibility index (Phi) is 12.3. The van der Waals surface area contributed by atoms with Crippen molar-refractivity contribution in [3.63, 3.8) is 0 Å². The number of nitrogens with one attached hydrogen (secondary N) is 3. The van der Waals surface area contributed by atoms with Crippen LogP contribution in [0.5, 0.6) is 5.75 Å². The van der Waals surface area contributed by atoms with Crippen molar-refractivity contribution < 1.29 is 19.1 Å². The number of carbonyl (C=O) groups excluding carboxylic acids is 2. The molecule has 6 aromatic rings. The quantitative estimate of drug-likeness (QED) is 0.0925. The molecule has 13 nitrogen and oxygen atoms in total. The molecule has 1 aliphatic carbocycles. The van der Waals surface area contributed by atoms with E-state index in [0.29, 0.717) is 37.9 Å². The molecule has 14 heteroatoms. The van der Waals surface area contributed by atoms with Gasteiger partial charge in [0.25, 0.3) is 0 Å². The number of hydrogen-bond acceptors (Lipinski definition) is 9. The number of rotatable bonds is 15. The Morgan fingerprint density at radius 1 is 0.935 bits per heavy atom. The van der Waals surface area contributed by atoms with Gasteiger partial charge in [0.2, 0.25) is 12.1 Å². The summed E-state index contributed by atoms with van der Waals surface area (Å²) < 4.78 is 15.1. The second-order valence-corrected chi connectivity index (χ2v) is 19.3. The van der Waals surface area contributed by atoms with E-state index in [0.717, 1.165) is 79.5 Å². The lowest BCUT2D eigenvalue weighted by Crippen LogP contribution is -2.48. The highest BCUT2D eigenvalue weighted by Gasteiger charge is 2.34. The maximum absolute atomic E-state index is 13.5. The number of likely N-dealkylation sites (N-methyl/N-ethyl adjacent to an activating group) is 1. The molecule has 1 aliphatic heterocycles. The van der Waals surface area contributed by atoms with E-state index in [9.17, 15) is 9.59 Å². The normalized spacial score (nSPS) is 15.5. The zero-order valence-electron chi connectivity index (χ0n) is 37.6. The molecule has 2 aromatic carbocycles. The Morgan fingerprint density at radius 3 is 2.24 bits per heavy atom. The SMILES string of the molecule is CCCN(Cc1ncc(-c2ccc3c(c2)cc2n3C(c3cnc(C4CCC4)s3)Oc3cc(-c4cnc(CN(CCC)C(=O)C(NC)C(C)C)[nH]4)cc(C)c3-2)[nH]1)C(=O)OC(C)(C)C. The number of aromatic amines is 2. The van der Waals surface area contributed by atoms with Crippen LogP contribution in [0.15, 0.2) is 55.0 Å². The van der Waals surface area contributed by atoms with Crippen molar-refractivity contribution in [2.24, 2.45) is 5.92 Å². The van der Waals surface area contributed by atoms with Gasteiger partial charge >= 0.3 is 6.09 Å². The highest BCUT2D eigenvalue weighted by molar-refractivity contribution is 7.11. The van der Waals surface area contributed by atoms with Gasteiger partial charge in [0.1, 0.15) is 23.0 Å². The van der Waals surface area contributed by atoms with Crippen LogP contribution in [0.4, 0.5) is 4.79 Å². The van der Waals surface area contributed by atoms with Gasteiger partial charge in [-0.25, -0.2) is 19.7 Å². The first kappa shape index (κ1) is 43.2. The van der Waals surface area contributed by atoms with Gasteiger partial charge in [-0.2, -0.15) is 0 Å². The van der Waals surface area contributed by atoms with E-state index in [2.05, 4.69) is 88.9 Å². The number of ether oxygens (including phenoxy) is 2. The molecular formula is C48H61N9O4S. The lowest BCUT2D eigenvalue weighted by Gasteiger charge is -2.30. The topological polar surface area (TPSA) is 146 Å². The van der Waals surface area contributed by atoms with Crippen molar-refractivity contribution in [1.82, 2.24) is 44.6 Å². The number of hydrogen-bond donors (Lipinski definition) is 3. The number of thiazole rings is 1. The summed E-state index contributed by atoms with van der Waals surface area (Å²) in [7, 11) is 1.84. The zero-order valence-corrected chi connectivity index (χ0v) is 38.4. The fourth-order valence-electron chi connectivity index (χ4n) is 8.65. The third kappa shape index (κ3) is 8.76. The summed E-state index contributed by atoms with van der Waals surface area (Å²) in [6.07, 6.45) is 10.2. The van der Waals surface area contributed by atoms with Crippen LogP contribution >= 0.6 is 11.3 Å². The summed E-state index contributed by atoms with van der Waals surface area (Å²) in [4.78, 5) is 52.6. The van der Waals surface area contributed by atoms with E-state index in [1.807, 2.05) is 58.2 Å². The Morgan fingerprint density at radius 2 is 1.61 bits per heavy atom. The van der Waals surface area contributed by atoms with Gasteiger partial charge in [0, 0.05) is 47.3 Å². The van der Waals surface area contributed by atoms with Gasteiger partial charge in [0.05, 0.1) is 64.0 Å². The molecule has 1 fully saturated rings. The van der Waals surface area contributed by atoms with Crippen molar-refractivity contribution in [2.45, 2.75) is 124 Å². The smallest absolute Gasteiger partial charge is 0.410 e. The predicted octanol–water partition coefficient (Wildman–Crippen LogP) is 10.2. The number of aryl methyl sites for hydroxylation is 1. The highest BCUT2D eigenvalue weighted by atomic mass is 32.1. The van der Waals surface area contributed by atoms with Gasteiger partial charge in [0.15, 0.2) is 0 Å². The van der Waals surface area contributed by atoms with E-state index in [-0.39, 0.29) is 24.0 Å². The molecule has 5 heterocycles. The Hall–Kier alpha value is -5.47. The van der Waals surface area contributed by atoms with Gasteiger partial charge < -0.3 is 34.6 Å². The molecule has 0 saturated heterocycles. The van der Waals surface area contributed by atoms with Crippen molar-refractivity contribution in [1.29, 1.82) is 0 Å². The number of nitrogens with zero attached hydrogens (tertiary/aromatic N) is 6. The third-order valence-electron chi connectivity index (χ3n) is 11.9. The Bertz CT molecular complexity index is 2560. The minimum atomic E-state index is -0.582. The number of H-pyrrole nitrogens is 2. The summed E-state index contributed by atoms with van der Waals surface area (Å²) in [5.41, 5.74) is 7.37. The van der Waals surface area contributed by atoms with Crippen molar-refractivity contribution in [2.75, 3.05) is 20.1 Å². The average Bonchev–Trinajstić information content (AvgIpc) is 4.03. The fraction of sp³-hybridized carbons (Fsp3) is 0.479. The molecule has 2 unspecified atom stereocenters. The van der Waals surface area contributed by atoms with Crippen LogP contribution in [-0.2, 0) is 22.6 Å². The Labute approximate surface area is 368 Å². The van der Waals surface area contributed by atoms with Crippen LogP contribution in [0.3, 0.4) is 0 Å². The highest BCUT2D eigenvalue weighted by Crippen LogP contribution is 2.49. The van der Waals surface area contributed by atoms with Gasteiger partial charge in [-0.3, -0.25) is 9.36 Å². The van der Waals surface area contributed by atoms with E-state index in [1.165, 1.54) is 24.3 Å². The summed E-state index contributed by atoms with van der Waals surface area (Å²) in [5.74, 6) is 3.01. The van der Waals surface area contributed by atoms with Crippen molar-refractivity contribution in [3.8, 4) is 39.5 Å². The number of fused-ring (bicyclic) bond motifs is 5. The summed E-state index contributed by atoms with van der Waals surface area (Å²) in [5, 5.41) is 5.46. The minimum absolute atomic E-state index is 0.0840. The van der Waals surface area contributed by atoms with Crippen LogP contribution in [0.25, 0.3) is 44.7 Å². The largest absolute Gasteiger partial charge is 0.464 e. The molecule has 2 aliphatic rings. The summed E-state index contributed by atoms with van der Waals surface area (Å²) >= 11 is 1.75. The molecule has 328 valence electrons. The molecule has 0 spiro atoms. The summed E-state index contributed by atoms with van der Waals surface area (Å²) in [6.45, 7) is 18.0. The summed E-state index contributed by atoms with van der Waals surface area (Å²) in [6, 6.07) is 12.8. The van der Waals surface area contributed by atoms with E-state index < -0.39 is 11.8 Å². The van der Waals surface area contributed by atoms with Gasteiger partial charge in [-0.05, 0) is 102 Å². The Balaban J connectivity index is 1.13. The van der Waals surface area contributed by atoms with Crippen molar-refractivity contribution >= 4 is 34.2 Å². The molecule has 0 bridgehead atoms. The molecule has 8 rings (SSSR count). The molecule has 2 atom stereocenters. The number of aromatic nitrogens is 6. The zero-order chi connectivity index (χ0) is 43.9. The van der Waals surface area contributed by atoms with Gasteiger partial charge in [-0.1, -0.05) is 40.2 Å². The van der Waals surface area contributed by atoms with Crippen LogP contribution in [0.1, 0.15) is 120 Å². The first-order chi connectivity index (χ1) is 29.7. The first-order valence-corrected chi connectivity index (χ1v) is 23.0. The standard InChI is InChI=1S/C48H61N9O4S/c1-10-17-55(45(58)43(49-9)28(3)4)26-40-51-24-35(54-40)32-19-29(5)42-37-21-33-20-31(34-23-50-41(53-34)27-56(18-11-2)47(59)61-48(6,7)8)15-16-36(33)57(37)46(60-38(42)22-32)39-25-52-44(62-39)30-13-12-14-30/h15-16,19-25,28,30,43,46,49H,10-14,17-18,26-27H2,1-9H3,(H,50,53)(H,51,54). The second kappa shape index (κ2) is 17.7.